The van der Waals surface area contributed by atoms with Gasteiger partial charge in [0.15, 0.2) is 0 Å². The number of ether oxygens (including phenoxy) is 2. The third-order valence-electron chi connectivity index (χ3n) is 2.75. The monoisotopic (exact) mass is 250 g/mol. The maximum Gasteiger partial charge on any atom is 0.510 e. The third-order valence-corrected chi connectivity index (χ3v) is 2.75. The van der Waals surface area contributed by atoms with Crippen LogP contribution in [0.2, 0.25) is 0 Å². The van der Waals surface area contributed by atoms with Crippen molar-refractivity contribution in [2.24, 2.45) is 5.29 Å². The fourth-order valence-electron chi connectivity index (χ4n) is 1.97. The molecule has 1 atom stereocenters. The average Bonchev–Trinajstić information content (AvgIpc) is 2.38. The van der Waals surface area contributed by atoms with Crippen LogP contribution in [0.3, 0.4) is 0 Å². The van der Waals surface area contributed by atoms with Gasteiger partial charge in [0.1, 0.15) is 0 Å². The van der Waals surface area contributed by atoms with E-state index in [-0.39, 0.29) is 6.61 Å². The number of anilines is 1. The minimum absolute atomic E-state index is 0.233. The Morgan fingerprint density at radius 2 is 2.28 bits per heavy atom. The van der Waals surface area contributed by atoms with Gasteiger partial charge in [0.05, 0.1) is 17.6 Å². The molecule has 0 radical (unpaired) electrons. The van der Waals surface area contributed by atoms with Gasteiger partial charge in [0.2, 0.25) is 6.23 Å². The molecule has 0 saturated carbocycles. The van der Waals surface area contributed by atoms with E-state index in [4.69, 9.17) is 9.47 Å². The number of para-hydroxylation sites is 1. The van der Waals surface area contributed by atoms with Gasteiger partial charge in [-0.15, -0.1) is 4.91 Å². The molecule has 1 aromatic rings. The summed E-state index contributed by atoms with van der Waals surface area (Å²) in [5, 5.41) is 4.11. The van der Waals surface area contributed by atoms with Crippen LogP contribution in [0.1, 0.15) is 18.9 Å². The summed E-state index contributed by atoms with van der Waals surface area (Å²) in [4.78, 5) is 22.2. The highest BCUT2D eigenvalue weighted by Gasteiger charge is 2.30. The molecule has 2 rings (SSSR count). The quantitative estimate of drug-likeness (QED) is 0.609. The molecule has 0 saturated heterocycles. The van der Waals surface area contributed by atoms with Crippen molar-refractivity contribution in [3.05, 3.63) is 34.7 Å². The van der Waals surface area contributed by atoms with Crippen molar-refractivity contribution < 1.29 is 14.3 Å². The summed E-state index contributed by atoms with van der Waals surface area (Å²) < 4.78 is 9.76. The molecule has 0 bridgehead atoms. The van der Waals surface area contributed by atoms with Crippen LogP contribution < -0.4 is 5.01 Å². The molecule has 0 amide bonds. The van der Waals surface area contributed by atoms with Gasteiger partial charge in [0.25, 0.3) is 0 Å². The maximum absolute atomic E-state index is 11.3. The smallest absolute Gasteiger partial charge is 0.435 e. The summed E-state index contributed by atoms with van der Waals surface area (Å²) in [5.41, 5.74) is 1.69. The number of hydrogen-bond acceptors (Lipinski definition) is 5. The molecule has 1 aromatic carbocycles. The molecule has 0 aliphatic carbocycles. The maximum atomic E-state index is 11.3. The van der Waals surface area contributed by atoms with Crippen LogP contribution in [0.25, 0.3) is 0 Å². The lowest BCUT2D eigenvalue weighted by Crippen LogP contribution is -2.38. The predicted octanol–water partition coefficient (Wildman–Crippen LogP) is 2.62. The second-order valence-corrected chi connectivity index (χ2v) is 3.85. The summed E-state index contributed by atoms with van der Waals surface area (Å²) in [6.45, 7) is 1.92. The number of carbonyl (C=O) groups is 1. The molecule has 0 N–H and O–H groups in total. The van der Waals surface area contributed by atoms with E-state index in [9.17, 15) is 9.70 Å². The molecule has 18 heavy (non-hydrogen) atoms. The Hall–Kier alpha value is -2.11. The van der Waals surface area contributed by atoms with Gasteiger partial charge in [0, 0.05) is 6.42 Å². The molecule has 1 heterocycles. The molecule has 1 aliphatic heterocycles. The Kier molecular flexibility index (Phi) is 3.76. The largest absolute Gasteiger partial charge is 0.510 e. The molecule has 1 aliphatic rings. The van der Waals surface area contributed by atoms with Crippen molar-refractivity contribution in [3.8, 4) is 0 Å². The van der Waals surface area contributed by atoms with Crippen molar-refractivity contribution in [2.75, 3.05) is 11.6 Å². The zero-order chi connectivity index (χ0) is 13.0. The SMILES string of the molecule is CCOC(=O)OC1CCc2ccccc2N1N=O. The first-order valence-electron chi connectivity index (χ1n) is 5.80. The molecule has 6 nitrogen and oxygen atoms in total. The standard InChI is InChI=1S/C12H14N2O4/c1-2-17-12(15)18-11-8-7-9-5-3-4-6-10(9)14(11)13-16/h3-6,11H,2,7-8H2,1H3. The fourth-order valence-corrected chi connectivity index (χ4v) is 1.97. The highest BCUT2D eigenvalue weighted by Crippen LogP contribution is 2.31. The first-order valence-corrected chi connectivity index (χ1v) is 5.80. The van der Waals surface area contributed by atoms with Crippen LogP contribution in [0.5, 0.6) is 0 Å². The van der Waals surface area contributed by atoms with Crippen molar-refractivity contribution >= 4 is 11.8 Å². The Labute approximate surface area is 104 Å². The number of benzene rings is 1. The van der Waals surface area contributed by atoms with Crippen molar-refractivity contribution in [1.29, 1.82) is 0 Å². The predicted molar refractivity (Wildman–Crippen MR) is 64.9 cm³/mol. The average molecular weight is 250 g/mol. The topological polar surface area (TPSA) is 68.2 Å². The number of nitrogens with zero attached hydrogens (tertiary/aromatic N) is 2. The summed E-state index contributed by atoms with van der Waals surface area (Å²) >= 11 is 0. The van der Waals surface area contributed by atoms with Crippen LogP contribution >= 0.6 is 0 Å². The number of aryl methyl sites for hydroxylation is 1. The second kappa shape index (κ2) is 5.48. The first-order chi connectivity index (χ1) is 8.76. The van der Waals surface area contributed by atoms with E-state index in [1.54, 1.807) is 13.0 Å². The number of rotatable bonds is 3. The number of fused-ring (bicyclic) bond motifs is 1. The van der Waals surface area contributed by atoms with Crippen LogP contribution in [0, 0.1) is 4.91 Å². The Bertz CT molecular complexity index is 449. The molecule has 6 heteroatoms. The van der Waals surface area contributed by atoms with Crippen LogP contribution in [-0.2, 0) is 15.9 Å². The highest BCUT2D eigenvalue weighted by atomic mass is 16.7. The van der Waals surface area contributed by atoms with Gasteiger partial charge in [-0.25, -0.2) is 4.79 Å². The fraction of sp³-hybridized carbons (Fsp3) is 0.417. The van der Waals surface area contributed by atoms with Gasteiger partial charge < -0.3 is 9.47 Å². The molecule has 96 valence electrons. The third kappa shape index (κ3) is 2.42. The highest BCUT2D eigenvalue weighted by molar-refractivity contribution is 5.62. The van der Waals surface area contributed by atoms with Crippen molar-refractivity contribution in [3.63, 3.8) is 0 Å². The summed E-state index contributed by atoms with van der Waals surface area (Å²) in [6.07, 6.45) is -0.236. The number of carbonyl (C=O) groups excluding carboxylic acids is 1. The molecule has 1 unspecified atom stereocenters. The zero-order valence-electron chi connectivity index (χ0n) is 10.0. The van der Waals surface area contributed by atoms with Crippen molar-refractivity contribution in [1.82, 2.24) is 0 Å². The van der Waals surface area contributed by atoms with E-state index in [1.165, 1.54) is 5.01 Å². The minimum Gasteiger partial charge on any atom is -0.435 e. The van der Waals surface area contributed by atoms with E-state index in [1.807, 2.05) is 18.2 Å². The number of hydrogen-bond donors (Lipinski definition) is 0. The van der Waals surface area contributed by atoms with Crippen LogP contribution in [0.4, 0.5) is 10.5 Å². The first kappa shape index (κ1) is 12.3. The van der Waals surface area contributed by atoms with E-state index in [2.05, 4.69) is 5.29 Å². The summed E-state index contributed by atoms with van der Waals surface area (Å²) in [5.74, 6) is 0. The molecular formula is C12H14N2O4. The Morgan fingerprint density at radius 1 is 1.50 bits per heavy atom. The van der Waals surface area contributed by atoms with Gasteiger partial charge in [-0.3, -0.25) is 0 Å². The van der Waals surface area contributed by atoms with E-state index in [0.29, 0.717) is 12.1 Å². The number of nitroso groups, excluding NO2 is 1. The van der Waals surface area contributed by atoms with Crippen molar-refractivity contribution in [2.45, 2.75) is 26.0 Å². The lowest BCUT2D eigenvalue weighted by Gasteiger charge is -2.31. The van der Waals surface area contributed by atoms with Gasteiger partial charge in [-0.2, -0.15) is 5.01 Å². The van der Waals surface area contributed by atoms with E-state index < -0.39 is 12.4 Å². The second-order valence-electron chi connectivity index (χ2n) is 3.85. The van der Waals surface area contributed by atoms with Gasteiger partial charge in [-0.1, -0.05) is 18.2 Å². The van der Waals surface area contributed by atoms with E-state index in [0.717, 1.165) is 12.0 Å². The Morgan fingerprint density at radius 3 is 3.00 bits per heavy atom. The van der Waals surface area contributed by atoms with Crippen LogP contribution in [0.15, 0.2) is 29.6 Å². The molecule has 0 spiro atoms. The molecule has 0 fully saturated rings. The lowest BCUT2D eigenvalue weighted by atomic mass is 10.0. The van der Waals surface area contributed by atoms with Gasteiger partial charge in [-0.05, 0) is 25.0 Å². The molecule has 0 aromatic heterocycles. The summed E-state index contributed by atoms with van der Waals surface area (Å²) in [6, 6.07) is 7.41. The molecular weight excluding hydrogens is 236 g/mol. The van der Waals surface area contributed by atoms with E-state index >= 15 is 0 Å². The Balaban J connectivity index is 2.15. The zero-order valence-corrected chi connectivity index (χ0v) is 10.0. The van der Waals surface area contributed by atoms with Gasteiger partial charge >= 0.3 is 6.16 Å². The normalized spacial score (nSPS) is 17.8. The lowest BCUT2D eigenvalue weighted by molar-refractivity contribution is 0.0207. The summed E-state index contributed by atoms with van der Waals surface area (Å²) in [7, 11) is 0. The van der Waals surface area contributed by atoms with Crippen LogP contribution in [-0.4, -0.2) is 19.0 Å². The minimum atomic E-state index is -0.782.